The van der Waals surface area contributed by atoms with E-state index in [2.05, 4.69) is 37.2 Å². The normalized spacial score (nSPS) is 23.2. The predicted octanol–water partition coefficient (Wildman–Crippen LogP) is -4.72. The average Bonchev–Trinajstić information content (AvgIpc) is 3.84. The Bertz CT molecular complexity index is 2280. The first-order chi connectivity index (χ1) is 34.3. The van der Waals surface area contributed by atoms with Crippen LogP contribution >= 0.6 is 21.6 Å². The van der Waals surface area contributed by atoms with Gasteiger partial charge in [0.05, 0.1) is 19.0 Å². The molecular formula is C45H63N13O12S2. The highest BCUT2D eigenvalue weighted by molar-refractivity contribution is 8.76. The Morgan fingerprint density at radius 3 is 1.89 bits per heavy atom. The number of nitrogens with one attached hydrogen (secondary N) is 7. The molecule has 4 rings (SSSR count). The van der Waals surface area contributed by atoms with Crippen LogP contribution in [0.4, 0.5) is 0 Å². The van der Waals surface area contributed by atoms with Crippen LogP contribution in [0.1, 0.15) is 56.1 Å². The number of primary amides is 3. The maximum absolute atomic E-state index is 14.5. The Balaban J connectivity index is 1.71. The van der Waals surface area contributed by atoms with Crippen LogP contribution < -0.4 is 65.9 Å². The molecule has 11 amide bonds. The zero-order valence-corrected chi connectivity index (χ0v) is 40.9. The van der Waals surface area contributed by atoms with E-state index in [1.807, 2.05) is 0 Å². The maximum Gasteiger partial charge on any atom is 0.246 e. The van der Waals surface area contributed by atoms with E-state index in [9.17, 15) is 57.8 Å². The first-order valence-corrected chi connectivity index (χ1v) is 25.5. The van der Waals surface area contributed by atoms with Gasteiger partial charge in [0.15, 0.2) is 0 Å². The van der Waals surface area contributed by atoms with Gasteiger partial charge in [-0.05, 0) is 61.9 Å². The number of aromatic hydroxyl groups is 1. The number of rotatable bonds is 18. The lowest BCUT2D eigenvalue weighted by Crippen LogP contribution is -2.61. The minimum Gasteiger partial charge on any atom is -0.508 e. The van der Waals surface area contributed by atoms with Gasteiger partial charge in [0.2, 0.25) is 65.0 Å². The van der Waals surface area contributed by atoms with Crippen molar-refractivity contribution in [1.82, 2.24) is 42.1 Å². The van der Waals surface area contributed by atoms with Gasteiger partial charge in [0.1, 0.15) is 48.0 Å². The summed E-state index contributed by atoms with van der Waals surface area (Å²) in [7, 11) is 2.02. The van der Waals surface area contributed by atoms with Crippen LogP contribution in [0.2, 0.25) is 0 Å². The molecule has 2 aliphatic heterocycles. The lowest BCUT2D eigenvalue weighted by molar-refractivity contribution is -0.142. The molecular weight excluding hydrogens is 979 g/mol. The van der Waals surface area contributed by atoms with E-state index in [1.54, 1.807) is 30.3 Å². The van der Waals surface area contributed by atoms with Crippen molar-refractivity contribution < 1.29 is 57.8 Å². The Kier molecular flexibility index (Phi) is 23.0. The van der Waals surface area contributed by atoms with Crippen molar-refractivity contribution in [2.24, 2.45) is 28.7 Å². The number of carbonyl (C=O) groups is 11. The number of hydrogen-bond donors (Lipinski definition) is 13. The van der Waals surface area contributed by atoms with Gasteiger partial charge < -0.3 is 75.9 Å². The zero-order chi connectivity index (χ0) is 52.9. The molecule has 18 N–H and O–H groups in total. The number of likely N-dealkylation sites (tertiary alicyclic amines) is 1. The Morgan fingerprint density at radius 1 is 0.708 bits per heavy atom. The van der Waals surface area contributed by atoms with Crippen LogP contribution in [0.25, 0.3) is 0 Å². The first kappa shape index (κ1) is 57.6. The second-order valence-electron chi connectivity index (χ2n) is 17.1. The lowest BCUT2D eigenvalue weighted by Gasteiger charge is -2.31. The smallest absolute Gasteiger partial charge is 0.246 e. The third kappa shape index (κ3) is 18.7. The fourth-order valence-corrected chi connectivity index (χ4v) is 9.90. The van der Waals surface area contributed by atoms with Crippen molar-refractivity contribution >= 4 is 86.6 Å². The molecule has 0 saturated carbocycles. The fraction of sp³-hybridized carbons (Fsp3) is 0.489. The quantitative estimate of drug-likeness (QED) is 0.0624. The molecule has 0 radical (unpaired) electrons. The number of nitrogens with zero attached hydrogens (tertiary/aromatic N) is 1. The van der Waals surface area contributed by atoms with Gasteiger partial charge in [-0.1, -0.05) is 64.1 Å². The summed E-state index contributed by atoms with van der Waals surface area (Å²) in [6.07, 6.45) is -1.10. The number of carbonyl (C=O) groups excluding carboxylic acids is 11. The topological polar surface area (TPSA) is 426 Å². The molecule has 2 aromatic carbocycles. The van der Waals surface area contributed by atoms with E-state index in [4.69, 9.17) is 28.7 Å². The SMILES string of the molecule is NCCC[C@H](NC(=O)[C@@H]1CCCN1C(=O)C1CSSC[C@H](N)C(=O)NC(Cc2ccc(O)cc2)C(=O)N[C@@H](Cc2ccccc2)C(=O)N[C@@H](CCC(N)=O)C(=O)NC(CC(N)=O)C(=O)N1)C(=O)NCC(N)=O. The molecule has 25 nitrogen and oxygen atoms in total. The molecule has 2 aliphatic rings. The highest BCUT2D eigenvalue weighted by atomic mass is 33.1. The fourth-order valence-electron chi connectivity index (χ4n) is 7.62. The van der Waals surface area contributed by atoms with E-state index in [-0.39, 0.29) is 56.0 Å². The van der Waals surface area contributed by atoms with Gasteiger partial charge >= 0.3 is 0 Å². The summed E-state index contributed by atoms with van der Waals surface area (Å²) in [4.78, 5) is 149. The summed E-state index contributed by atoms with van der Waals surface area (Å²) < 4.78 is 0. The lowest BCUT2D eigenvalue weighted by atomic mass is 10.0. The van der Waals surface area contributed by atoms with Crippen molar-refractivity contribution in [3.8, 4) is 5.75 Å². The first-order valence-electron chi connectivity index (χ1n) is 23.0. The molecule has 72 heavy (non-hydrogen) atoms. The molecule has 0 aromatic heterocycles. The summed E-state index contributed by atoms with van der Waals surface area (Å²) in [5.74, 6) is -10.1. The van der Waals surface area contributed by atoms with E-state index < -0.39 is 139 Å². The van der Waals surface area contributed by atoms with E-state index in [1.165, 1.54) is 29.2 Å². The molecule has 3 unspecified atom stereocenters. The third-order valence-electron chi connectivity index (χ3n) is 11.4. The molecule has 2 heterocycles. The largest absolute Gasteiger partial charge is 0.508 e. The summed E-state index contributed by atoms with van der Waals surface area (Å²) in [5, 5.41) is 27.6. The molecule has 0 bridgehead atoms. The number of nitrogens with two attached hydrogens (primary N) is 5. The van der Waals surface area contributed by atoms with Gasteiger partial charge in [-0.25, -0.2) is 0 Å². The standard InChI is InChI=1S/C45H63N13O12S2/c46-16-4-8-28(39(64)51-21-37(50)62)53-44(69)34-9-5-17-58(34)45(70)33-23-72-71-22-27(47)38(63)54-30(19-25-10-12-26(59)13-11-25)42(67)55-31(18-24-6-2-1-3-7-24)41(66)52-29(14-15-35(48)60)40(65)56-32(20-36(49)61)43(68)57-33/h1-3,6-7,10-13,27-34,59H,4-5,8-9,14-23,46-47H2,(H2,48,60)(H2,49,61)(H2,50,62)(H,51,64)(H,52,66)(H,53,69)(H,54,63)(H,55,67)(H,56,65)(H,57,68)/t27-,28-,29-,30?,31-,32?,33?,34-/m0/s1. The van der Waals surface area contributed by atoms with Gasteiger partial charge in [0.25, 0.3) is 0 Å². The van der Waals surface area contributed by atoms with Crippen molar-refractivity contribution in [1.29, 1.82) is 0 Å². The minimum absolute atomic E-state index is 0.0281. The van der Waals surface area contributed by atoms with E-state index >= 15 is 0 Å². The summed E-state index contributed by atoms with van der Waals surface area (Å²) in [6, 6.07) is 3.04. The van der Waals surface area contributed by atoms with Crippen molar-refractivity contribution in [3.63, 3.8) is 0 Å². The van der Waals surface area contributed by atoms with Gasteiger partial charge in [-0.2, -0.15) is 0 Å². The third-order valence-corrected chi connectivity index (χ3v) is 13.8. The Morgan fingerprint density at radius 2 is 1.28 bits per heavy atom. The van der Waals surface area contributed by atoms with E-state index in [0.29, 0.717) is 24.0 Å². The van der Waals surface area contributed by atoms with Crippen LogP contribution in [0.3, 0.4) is 0 Å². The molecule has 0 aliphatic carbocycles. The van der Waals surface area contributed by atoms with Crippen LogP contribution in [0.15, 0.2) is 54.6 Å². The second-order valence-corrected chi connectivity index (χ2v) is 19.6. The van der Waals surface area contributed by atoms with Gasteiger partial charge in [-0.3, -0.25) is 52.7 Å². The average molecular weight is 1040 g/mol. The monoisotopic (exact) mass is 1040 g/mol. The summed E-state index contributed by atoms with van der Waals surface area (Å²) >= 11 is 0. The number of phenolic OH excluding ortho intramolecular Hbond substituents is 1. The molecule has 2 saturated heterocycles. The Hall–Kier alpha value is -6.97. The van der Waals surface area contributed by atoms with Crippen LogP contribution in [-0.2, 0) is 65.6 Å². The molecule has 27 heteroatoms. The Labute approximate surface area is 422 Å². The maximum atomic E-state index is 14.5. The number of benzene rings is 2. The highest BCUT2D eigenvalue weighted by Crippen LogP contribution is 2.26. The summed E-state index contributed by atoms with van der Waals surface area (Å²) in [5.41, 5.74) is 29.2. The van der Waals surface area contributed by atoms with Gasteiger partial charge in [0, 0.05) is 37.3 Å². The number of hydrogen-bond acceptors (Lipinski definition) is 16. The molecule has 0 spiro atoms. The molecule has 8 atom stereocenters. The van der Waals surface area contributed by atoms with E-state index in [0.717, 1.165) is 21.6 Å². The molecule has 392 valence electrons. The number of amides is 11. The second kappa shape index (κ2) is 28.8. The van der Waals surface area contributed by atoms with Crippen molar-refractivity contribution in [2.75, 3.05) is 31.1 Å². The predicted molar refractivity (Wildman–Crippen MR) is 264 cm³/mol. The van der Waals surface area contributed by atoms with Crippen LogP contribution in [0, 0.1) is 0 Å². The summed E-state index contributed by atoms with van der Waals surface area (Å²) in [6.45, 7) is -0.299. The molecule has 2 fully saturated rings. The molecule has 2 aromatic rings. The van der Waals surface area contributed by atoms with Gasteiger partial charge in [-0.15, -0.1) is 0 Å². The van der Waals surface area contributed by atoms with Crippen LogP contribution in [0.5, 0.6) is 5.75 Å². The zero-order valence-electron chi connectivity index (χ0n) is 39.3. The van der Waals surface area contributed by atoms with Crippen molar-refractivity contribution in [3.05, 3.63) is 65.7 Å². The van der Waals surface area contributed by atoms with Crippen molar-refractivity contribution in [2.45, 2.75) is 106 Å². The number of phenols is 1. The van der Waals surface area contributed by atoms with Crippen LogP contribution in [-0.4, -0.2) is 154 Å². The highest BCUT2D eigenvalue weighted by Gasteiger charge is 2.40. The minimum atomic E-state index is -1.78.